The molecule has 0 saturated heterocycles. The van der Waals surface area contributed by atoms with Gasteiger partial charge in [0.15, 0.2) is 0 Å². The average molecular weight is 283 g/mol. The van der Waals surface area contributed by atoms with Crippen molar-refractivity contribution >= 4 is 27.0 Å². The lowest BCUT2D eigenvalue weighted by Gasteiger charge is -2.05. The van der Waals surface area contributed by atoms with Crippen LogP contribution in [0.25, 0.3) is 11.0 Å². The van der Waals surface area contributed by atoms with E-state index in [-0.39, 0.29) is 0 Å². The Morgan fingerprint density at radius 3 is 3.06 bits per heavy atom. The fraction of sp³-hybridized carbons (Fsp3) is 0.417. The van der Waals surface area contributed by atoms with E-state index in [0.717, 1.165) is 41.6 Å². The van der Waals surface area contributed by atoms with Crippen molar-refractivity contribution in [3.63, 3.8) is 0 Å². The van der Waals surface area contributed by atoms with Gasteiger partial charge in [-0.25, -0.2) is 4.98 Å². The topological polar surface area (TPSA) is 27.1 Å². The van der Waals surface area contributed by atoms with Crippen molar-refractivity contribution in [3.8, 4) is 5.75 Å². The Morgan fingerprint density at radius 1 is 1.38 bits per heavy atom. The molecule has 16 heavy (non-hydrogen) atoms. The van der Waals surface area contributed by atoms with Gasteiger partial charge < -0.3 is 9.30 Å². The molecule has 0 aliphatic heterocycles. The first-order valence-corrected chi connectivity index (χ1v) is 6.53. The zero-order chi connectivity index (χ0) is 11.4. The highest BCUT2D eigenvalue weighted by Crippen LogP contribution is 2.19. The highest BCUT2D eigenvalue weighted by Gasteiger charge is 2.01. The Kier molecular flexibility index (Phi) is 3.83. The van der Waals surface area contributed by atoms with Crippen LogP contribution in [0.3, 0.4) is 0 Å². The Bertz CT molecular complexity index is 467. The standard InChI is InChI=1S/C12H15BrN2O/c1-15-9-14-11-8-10(4-5-12(11)15)16-7-3-2-6-13/h4-5,8-9H,2-3,6-7H2,1H3. The molecule has 2 rings (SSSR count). The fourth-order valence-corrected chi connectivity index (χ4v) is 1.99. The van der Waals surface area contributed by atoms with Crippen molar-refractivity contribution in [1.29, 1.82) is 0 Å². The van der Waals surface area contributed by atoms with E-state index >= 15 is 0 Å². The van der Waals surface area contributed by atoms with Gasteiger partial charge in [0.1, 0.15) is 5.75 Å². The first-order chi connectivity index (χ1) is 7.81. The van der Waals surface area contributed by atoms with Crippen LogP contribution >= 0.6 is 15.9 Å². The van der Waals surface area contributed by atoms with Crippen molar-refractivity contribution in [3.05, 3.63) is 24.5 Å². The number of imidazole rings is 1. The molecule has 2 aromatic rings. The third-order valence-corrected chi connectivity index (χ3v) is 3.05. The zero-order valence-corrected chi connectivity index (χ0v) is 10.9. The second-order valence-corrected chi connectivity index (χ2v) is 4.54. The molecule has 0 bridgehead atoms. The molecule has 1 aromatic carbocycles. The summed E-state index contributed by atoms with van der Waals surface area (Å²) >= 11 is 3.40. The van der Waals surface area contributed by atoms with Crippen molar-refractivity contribution < 1.29 is 4.74 Å². The monoisotopic (exact) mass is 282 g/mol. The molecule has 0 radical (unpaired) electrons. The highest BCUT2D eigenvalue weighted by atomic mass is 79.9. The van der Waals surface area contributed by atoms with Crippen molar-refractivity contribution in [1.82, 2.24) is 9.55 Å². The highest BCUT2D eigenvalue weighted by molar-refractivity contribution is 9.09. The molecule has 0 aliphatic carbocycles. The molecule has 0 saturated carbocycles. The summed E-state index contributed by atoms with van der Waals surface area (Å²) in [4.78, 5) is 4.30. The van der Waals surface area contributed by atoms with Gasteiger partial charge in [-0.05, 0) is 25.0 Å². The van der Waals surface area contributed by atoms with Gasteiger partial charge in [-0.1, -0.05) is 15.9 Å². The van der Waals surface area contributed by atoms with Gasteiger partial charge in [0.2, 0.25) is 0 Å². The summed E-state index contributed by atoms with van der Waals surface area (Å²) in [5, 5.41) is 1.04. The van der Waals surface area contributed by atoms with Crippen LogP contribution in [0.1, 0.15) is 12.8 Å². The molecule has 0 fully saturated rings. The van der Waals surface area contributed by atoms with Crippen LogP contribution in [-0.2, 0) is 7.05 Å². The molecule has 0 unspecified atom stereocenters. The maximum atomic E-state index is 5.66. The number of fused-ring (bicyclic) bond motifs is 1. The first-order valence-electron chi connectivity index (χ1n) is 5.41. The van der Waals surface area contributed by atoms with E-state index in [0.29, 0.717) is 0 Å². The van der Waals surface area contributed by atoms with Crippen LogP contribution in [0.4, 0.5) is 0 Å². The average Bonchev–Trinajstić information content (AvgIpc) is 2.66. The van der Waals surface area contributed by atoms with Crippen LogP contribution in [0.5, 0.6) is 5.75 Å². The zero-order valence-electron chi connectivity index (χ0n) is 9.32. The molecule has 1 aromatic heterocycles. The van der Waals surface area contributed by atoms with Crippen LogP contribution in [0.2, 0.25) is 0 Å². The molecule has 4 heteroatoms. The number of aromatic nitrogens is 2. The van der Waals surface area contributed by atoms with Crippen LogP contribution in [0.15, 0.2) is 24.5 Å². The normalized spacial score (nSPS) is 10.9. The number of alkyl halides is 1. The number of nitrogens with zero attached hydrogens (tertiary/aromatic N) is 2. The molecular formula is C12H15BrN2O. The van der Waals surface area contributed by atoms with Gasteiger partial charge in [0.05, 0.1) is 24.0 Å². The summed E-state index contributed by atoms with van der Waals surface area (Å²) in [5.41, 5.74) is 2.12. The quantitative estimate of drug-likeness (QED) is 0.622. The number of benzene rings is 1. The largest absolute Gasteiger partial charge is 0.494 e. The van der Waals surface area contributed by atoms with E-state index in [1.54, 1.807) is 0 Å². The molecule has 0 spiro atoms. The second-order valence-electron chi connectivity index (χ2n) is 3.75. The van der Waals surface area contributed by atoms with Crippen LogP contribution in [-0.4, -0.2) is 21.5 Å². The van der Waals surface area contributed by atoms with E-state index in [1.807, 2.05) is 36.1 Å². The molecule has 1 heterocycles. The van der Waals surface area contributed by atoms with E-state index in [9.17, 15) is 0 Å². The molecule has 86 valence electrons. The van der Waals surface area contributed by atoms with Crippen molar-refractivity contribution in [2.24, 2.45) is 7.05 Å². The molecule has 0 aliphatic rings. The second kappa shape index (κ2) is 5.34. The van der Waals surface area contributed by atoms with Crippen LogP contribution in [0, 0.1) is 0 Å². The van der Waals surface area contributed by atoms with Gasteiger partial charge in [0.25, 0.3) is 0 Å². The summed E-state index contributed by atoms with van der Waals surface area (Å²) in [6, 6.07) is 6.03. The SMILES string of the molecule is Cn1cnc2cc(OCCCCBr)ccc21. The summed E-state index contributed by atoms with van der Waals surface area (Å²) in [5.74, 6) is 0.903. The van der Waals surface area contributed by atoms with Gasteiger partial charge >= 0.3 is 0 Å². The third kappa shape index (κ3) is 2.55. The maximum absolute atomic E-state index is 5.66. The Balaban J connectivity index is 2.02. The van der Waals surface area contributed by atoms with Gasteiger partial charge in [-0.2, -0.15) is 0 Å². The van der Waals surface area contributed by atoms with E-state index in [2.05, 4.69) is 20.9 Å². The molecule has 0 atom stereocenters. The summed E-state index contributed by atoms with van der Waals surface area (Å²) in [6.07, 6.45) is 4.04. The summed E-state index contributed by atoms with van der Waals surface area (Å²) < 4.78 is 7.66. The number of hydrogen-bond donors (Lipinski definition) is 0. The number of rotatable bonds is 5. The number of hydrogen-bond acceptors (Lipinski definition) is 2. The summed E-state index contributed by atoms with van der Waals surface area (Å²) in [6.45, 7) is 0.768. The smallest absolute Gasteiger partial charge is 0.121 e. The number of unbranched alkanes of at least 4 members (excludes halogenated alkanes) is 1. The first kappa shape index (κ1) is 11.5. The van der Waals surface area contributed by atoms with Crippen molar-refractivity contribution in [2.45, 2.75) is 12.8 Å². The van der Waals surface area contributed by atoms with Gasteiger partial charge in [-0.15, -0.1) is 0 Å². The Morgan fingerprint density at radius 2 is 2.25 bits per heavy atom. The fourth-order valence-electron chi connectivity index (χ4n) is 1.59. The number of aryl methyl sites for hydroxylation is 1. The maximum Gasteiger partial charge on any atom is 0.121 e. The summed E-state index contributed by atoms with van der Waals surface area (Å²) in [7, 11) is 1.99. The van der Waals surface area contributed by atoms with Crippen LogP contribution < -0.4 is 4.74 Å². The minimum atomic E-state index is 0.768. The van der Waals surface area contributed by atoms with E-state index in [4.69, 9.17) is 4.74 Å². The Labute approximate surface area is 104 Å². The predicted octanol–water partition coefficient (Wildman–Crippen LogP) is 3.13. The molecule has 3 nitrogen and oxygen atoms in total. The predicted molar refractivity (Wildman–Crippen MR) is 69.2 cm³/mol. The Hall–Kier alpha value is -1.03. The van der Waals surface area contributed by atoms with E-state index < -0.39 is 0 Å². The number of halogens is 1. The van der Waals surface area contributed by atoms with E-state index in [1.165, 1.54) is 0 Å². The minimum absolute atomic E-state index is 0.768. The lowest BCUT2D eigenvalue weighted by molar-refractivity contribution is 0.310. The molecular weight excluding hydrogens is 268 g/mol. The van der Waals surface area contributed by atoms with Gasteiger partial charge in [0, 0.05) is 18.4 Å². The number of ether oxygens (including phenoxy) is 1. The molecule has 0 N–H and O–H groups in total. The van der Waals surface area contributed by atoms with Gasteiger partial charge in [-0.3, -0.25) is 0 Å². The minimum Gasteiger partial charge on any atom is -0.494 e. The van der Waals surface area contributed by atoms with Crippen molar-refractivity contribution in [2.75, 3.05) is 11.9 Å². The molecule has 0 amide bonds. The lowest BCUT2D eigenvalue weighted by atomic mass is 10.3. The third-order valence-electron chi connectivity index (χ3n) is 2.49. The lowest BCUT2D eigenvalue weighted by Crippen LogP contribution is -1.97.